The van der Waals surface area contributed by atoms with Crippen LogP contribution in [-0.4, -0.2) is 28.2 Å². The Bertz CT molecular complexity index is 601. The van der Waals surface area contributed by atoms with Crippen LogP contribution in [-0.2, 0) is 0 Å². The van der Waals surface area contributed by atoms with E-state index >= 15 is 0 Å². The molecule has 20 heavy (non-hydrogen) atoms. The fraction of sp³-hybridized carbons (Fsp3) is 0.467. The van der Waals surface area contributed by atoms with Gasteiger partial charge in [0, 0.05) is 24.2 Å². The number of anilines is 2. The zero-order valence-electron chi connectivity index (χ0n) is 11.4. The van der Waals surface area contributed by atoms with Crippen LogP contribution in [0.25, 0.3) is 10.9 Å². The second kappa shape index (κ2) is 5.63. The van der Waals surface area contributed by atoms with Crippen molar-refractivity contribution in [3.8, 4) is 0 Å². The smallest absolute Gasteiger partial charge is 0.137 e. The molecule has 1 heterocycles. The third-order valence-electron chi connectivity index (χ3n) is 4.24. The minimum atomic E-state index is 0.282. The Morgan fingerprint density at radius 2 is 2.10 bits per heavy atom. The van der Waals surface area contributed by atoms with E-state index < -0.39 is 0 Å². The van der Waals surface area contributed by atoms with Gasteiger partial charge >= 0.3 is 0 Å². The van der Waals surface area contributed by atoms with Crippen molar-refractivity contribution in [2.45, 2.75) is 19.3 Å². The Hall–Kier alpha value is -1.88. The van der Waals surface area contributed by atoms with Crippen LogP contribution in [0.1, 0.15) is 19.3 Å². The van der Waals surface area contributed by atoms with Crippen LogP contribution in [0.4, 0.5) is 11.5 Å². The van der Waals surface area contributed by atoms with Gasteiger partial charge in [-0.3, -0.25) is 0 Å². The molecule has 0 radical (unpaired) electrons. The summed E-state index contributed by atoms with van der Waals surface area (Å²) in [7, 11) is 0. The SMILES string of the molecule is Nc1ccc2ncnc(NCC3CCCC3CO)c2c1. The lowest BCUT2D eigenvalue weighted by Gasteiger charge is -2.18. The summed E-state index contributed by atoms with van der Waals surface area (Å²) in [6, 6.07) is 5.65. The summed E-state index contributed by atoms with van der Waals surface area (Å²) >= 11 is 0. The highest BCUT2D eigenvalue weighted by Crippen LogP contribution is 2.32. The van der Waals surface area contributed by atoms with Gasteiger partial charge in [0.1, 0.15) is 12.1 Å². The van der Waals surface area contributed by atoms with E-state index in [4.69, 9.17) is 5.73 Å². The number of nitrogen functional groups attached to an aromatic ring is 1. The Labute approximate surface area is 118 Å². The molecule has 0 spiro atoms. The number of rotatable bonds is 4. The number of nitrogens with one attached hydrogen (secondary N) is 1. The fourth-order valence-electron chi connectivity index (χ4n) is 3.07. The molecule has 1 fully saturated rings. The quantitative estimate of drug-likeness (QED) is 0.742. The second-order valence-corrected chi connectivity index (χ2v) is 5.51. The first-order valence-corrected chi connectivity index (χ1v) is 7.13. The average molecular weight is 272 g/mol. The number of hydrogen-bond acceptors (Lipinski definition) is 5. The summed E-state index contributed by atoms with van der Waals surface area (Å²) in [6.07, 6.45) is 5.07. The van der Waals surface area contributed by atoms with Crippen LogP contribution >= 0.6 is 0 Å². The Balaban J connectivity index is 1.79. The van der Waals surface area contributed by atoms with E-state index in [1.165, 1.54) is 12.8 Å². The number of aliphatic hydroxyl groups is 1. The molecule has 2 atom stereocenters. The molecule has 3 rings (SSSR count). The summed E-state index contributed by atoms with van der Waals surface area (Å²) in [6.45, 7) is 1.12. The van der Waals surface area contributed by atoms with Crippen molar-refractivity contribution in [2.75, 3.05) is 24.2 Å². The van der Waals surface area contributed by atoms with E-state index in [0.717, 1.165) is 29.7 Å². The van der Waals surface area contributed by atoms with Crippen LogP contribution in [0, 0.1) is 11.8 Å². The average Bonchev–Trinajstić information content (AvgIpc) is 2.92. The molecule has 1 aromatic heterocycles. The van der Waals surface area contributed by atoms with E-state index in [2.05, 4.69) is 15.3 Å². The van der Waals surface area contributed by atoms with Gasteiger partial charge in [0.25, 0.3) is 0 Å². The van der Waals surface area contributed by atoms with Gasteiger partial charge in [0.15, 0.2) is 0 Å². The summed E-state index contributed by atoms with van der Waals surface area (Å²) in [4.78, 5) is 8.57. The van der Waals surface area contributed by atoms with Crippen LogP contribution in [0.5, 0.6) is 0 Å². The van der Waals surface area contributed by atoms with Gasteiger partial charge in [0.2, 0.25) is 0 Å². The van der Waals surface area contributed by atoms with Crippen LogP contribution in [0.15, 0.2) is 24.5 Å². The van der Waals surface area contributed by atoms with Crippen molar-refractivity contribution >= 4 is 22.4 Å². The topological polar surface area (TPSA) is 84.1 Å². The van der Waals surface area contributed by atoms with Crippen LogP contribution in [0.3, 0.4) is 0 Å². The predicted molar refractivity (Wildman–Crippen MR) is 80.4 cm³/mol. The maximum atomic E-state index is 9.37. The molecule has 2 aromatic rings. The van der Waals surface area contributed by atoms with Gasteiger partial charge in [-0.25, -0.2) is 9.97 Å². The molecule has 5 nitrogen and oxygen atoms in total. The molecule has 0 bridgehead atoms. The minimum absolute atomic E-state index is 0.282. The summed E-state index contributed by atoms with van der Waals surface area (Å²) < 4.78 is 0. The lowest BCUT2D eigenvalue weighted by atomic mass is 9.97. The van der Waals surface area contributed by atoms with Gasteiger partial charge in [-0.1, -0.05) is 6.42 Å². The molecule has 1 saturated carbocycles. The Morgan fingerprint density at radius 3 is 2.95 bits per heavy atom. The highest BCUT2D eigenvalue weighted by atomic mass is 16.3. The van der Waals surface area contributed by atoms with Crippen LogP contribution < -0.4 is 11.1 Å². The first-order valence-electron chi connectivity index (χ1n) is 7.13. The van der Waals surface area contributed by atoms with E-state index in [1.54, 1.807) is 6.33 Å². The summed E-state index contributed by atoms with van der Waals surface area (Å²) in [5, 5.41) is 13.7. The predicted octanol–water partition coefficient (Wildman–Crippen LogP) is 2.03. The van der Waals surface area contributed by atoms with E-state index in [-0.39, 0.29) is 6.61 Å². The number of fused-ring (bicyclic) bond motifs is 1. The highest BCUT2D eigenvalue weighted by molar-refractivity contribution is 5.91. The molecule has 106 valence electrons. The molecule has 1 aliphatic carbocycles. The molecular weight excluding hydrogens is 252 g/mol. The molecular formula is C15H20N4O. The third kappa shape index (κ3) is 2.54. The normalized spacial score (nSPS) is 22.2. The molecule has 0 aliphatic heterocycles. The maximum absolute atomic E-state index is 9.37. The summed E-state index contributed by atoms with van der Waals surface area (Å²) in [5.41, 5.74) is 7.44. The van der Waals surface area contributed by atoms with Crippen molar-refractivity contribution in [1.29, 1.82) is 0 Å². The standard InChI is InChI=1S/C15H20N4O/c16-12-4-5-14-13(6-12)15(19-9-18-14)17-7-10-2-1-3-11(10)8-20/h4-6,9-11,20H,1-3,7-8,16H2,(H,17,18,19). The fourth-order valence-corrected chi connectivity index (χ4v) is 3.07. The van der Waals surface area contributed by atoms with Crippen molar-refractivity contribution in [1.82, 2.24) is 9.97 Å². The lowest BCUT2D eigenvalue weighted by molar-refractivity contribution is 0.199. The minimum Gasteiger partial charge on any atom is -0.399 e. The molecule has 1 aliphatic rings. The zero-order valence-corrected chi connectivity index (χ0v) is 11.4. The Kier molecular flexibility index (Phi) is 3.69. The molecule has 2 unspecified atom stereocenters. The highest BCUT2D eigenvalue weighted by Gasteiger charge is 2.26. The molecule has 0 amide bonds. The van der Waals surface area contributed by atoms with E-state index in [9.17, 15) is 5.11 Å². The summed E-state index contributed by atoms with van der Waals surface area (Å²) in [5.74, 6) is 1.76. The third-order valence-corrected chi connectivity index (χ3v) is 4.24. The van der Waals surface area contributed by atoms with Gasteiger partial charge in [0.05, 0.1) is 5.52 Å². The van der Waals surface area contributed by atoms with E-state index in [0.29, 0.717) is 17.5 Å². The number of nitrogens with zero attached hydrogens (tertiary/aromatic N) is 2. The maximum Gasteiger partial charge on any atom is 0.137 e. The van der Waals surface area contributed by atoms with Crippen molar-refractivity contribution < 1.29 is 5.11 Å². The van der Waals surface area contributed by atoms with Crippen molar-refractivity contribution in [3.63, 3.8) is 0 Å². The molecule has 4 N–H and O–H groups in total. The van der Waals surface area contributed by atoms with E-state index in [1.807, 2.05) is 18.2 Å². The number of benzene rings is 1. The number of hydrogen-bond donors (Lipinski definition) is 3. The monoisotopic (exact) mass is 272 g/mol. The van der Waals surface area contributed by atoms with Gasteiger partial charge in [-0.15, -0.1) is 0 Å². The Morgan fingerprint density at radius 1 is 1.25 bits per heavy atom. The molecule has 5 heteroatoms. The number of nitrogens with two attached hydrogens (primary N) is 1. The molecule has 0 saturated heterocycles. The zero-order chi connectivity index (χ0) is 13.9. The van der Waals surface area contributed by atoms with Crippen molar-refractivity contribution in [2.24, 2.45) is 11.8 Å². The van der Waals surface area contributed by atoms with Gasteiger partial charge in [-0.2, -0.15) is 0 Å². The van der Waals surface area contributed by atoms with Crippen LogP contribution in [0.2, 0.25) is 0 Å². The van der Waals surface area contributed by atoms with Crippen molar-refractivity contribution in [3.05, 3.63) is 24.5 Å². The van der Waals surface area contributed by atoms with Gasteiger partial charge in [-0.05, 0) is 42.9 Å². The van der Waals surface area contributed by atoms with Gasteiger partial charge < -0.3 is 16.2 Å². The largest absolute Gasteiger partial charge is 0.399 e. The first-order chi connectivity index (χ1) is 9.78. The number of aliphatic hydroxyl groups excluding tert-OH is 1. The lowest BCUT2D eigenvalue weighted by Crippen LogP contribution is -2.21. The first kappa shape index (κ1) is 13.1. The molecule has 1 aromatic carbocycles. The second-order valence-electron chi connectivity index (χ2n) is 5.51. The number of aromatic nitrogens is 2.